The van der Waals surface area contributed by atoms with Crippen LogP contribution in [0.5, 0.6) is 0 Å². The summed E-state index contributed by atoms with van der Waals surface area (Å²) in [5, 5.41) is 17.1. The molecule has 8 nitrogen and oxygen atoms in total. The van der Waals surface area contributed by atoms with E-state index in [1.54, 1.807) is 21.0 Å². The molecule has 21 heavy (non-hydrogen) atoms. The number of carbonyl (C=O) groups is 2. The van der Waals surface area contributed by atoms with E-state index in [1.807, 2.05) is 0 Å². The van der Waals surface area contributed by atoms with Gasteiger partial charge in [0.1, 0.15) is 5.41 Å². The molecule has 0 bridgehead atoms. The lowest BCUT2D eigenvalue weighted by Gasteiger charge is -2.28. The van der Waals surface area contributed by atoms with E-state index in [1.165, 1.54) is 0 Å². The number of oxime groups is 1. The predicted molar refractivity (Wildman–Crippen MR) is 78.9 cm³/mol. The van der Waals surface area contributed by atoms with E-state index < -0.39 is 5.41 Å². The van der Waals surface area contributed by atoms with E-state index in [-0.39, 0.29) is 30.6 Å². The molecule has 0 saturated heterocycles. The van der Waals surface area contributed by atoms with Crippen molar-refractivity contribution < 1.29 is 19.5 Å². The molecule has 0 saturated carbocycles. The van der Waals surface area contributed by atoms with Gasteiger partial charge in [-0.1, -0.05) is 19.0 Å². The summed E-state index contributed by atoms with van der Waals surface area (Å²) >= 11 is 0. The minimum atomic E-state index is -1.04. The van der Waals surface area contributed by atoms with Crippen LogP contribution in [-0.4, -0.2) is 49.7 Å². The van der Waals surface area contributed by atoms with Crippen molar-refractivity contribution in [2.45, 2.75) is 33.1 Å². The lowest BCUT2D eigenvalue weighted by molar-refractivity contribution is -0.128. The first-order valence-electron chi connectivity index (χ1n) is 7.00. The van der Waals surface area contributed by atoms with Crippen molar-refractivity contribution in [2.24, 2.45) is 16.3 Å². The fraction of sp³-hybridized carbons (Fsp3) is 0.769. The zero-order valence-corrected chi connectivity index (χ0v) is 12.9. The summed E-state index contributed by atoms with van der Waals surface area (Å²) in [7, 11) is 1.55. The van der Waals surface area contributed by atoms with E-state index in [9.17, 15) is 9.59 Å². The predicted octanol–water partition coefficient (Wildman–Crippen LogP) is -0.192. The number of carbonyl (C=O) groups excluding carboxylic acids is 2. The molecule has 0 radical (unpaired) electrons. The zero-order chi connectivity index (χ0) is 16.3. The van der Waals surface area contributed by atoms with Gasteiger partial charge in [-0.15, -0.1) is 0 Å². The molecular formula is C13H26N4O4. The molecule has 0 aromatic carbocycles. The van der Waals surface area contributed by atoms with Crippen molar-refractivity contribution in [3.63, 3.8) is 0 Å². The molecule has 0 unspecified atom stereocenters. The first-order chi connectivity index (χ1) is 9.98. The van der Waals surface area contributed by atoms with E-state index >= 15 is 0 Å². The van der Waals surface area contributed by atoms with Crippen LogP contribution in [0.15, 0.2) is 5.16 Å². The van der Waals surface area contributed by atoms with Crippen molar-refractivity contribution in [3.8, 4) is 0 Å². The zero-order valence-electron chi connectivity index (χ0n) is 12.9. The first kappa shape index (κ1) is 19.2. The Morgan fingerprint density at radius 1 is 1.24 bits per heavy atom. The lowest BCUT2D eigenvalue weighted by Crippen LogP contribution is -2.49. The van der Waals surface area contributed by atoms with Crippen molar-refractivity contribution in [2.75, 3.05) is 26.8 Å². The van der Waals surface area contributed by atoms with Gasteiger partial charge in [-0.2, -0.15) is 0 Å². The van der Waals surface area contributed by atoms with Crippen LogP contribution < -0.4 is 16.4 Å². The van der Waals surface area contributed by atoms with Gasteiger partial charge in [0.05, 0.1) is 6.61 Å². The Morgan fingerprint density at radius 3 is 2.33 bits per heavy atom. The Labute approximate surface area is 125 Å². The number of nitrogens with two attached hydrogens (primary N) is 1. The second-order valence-electron chi connectivity index (χ2n) is 4.62. The number of nitrogens with one attached hydrogen (secondary N) is 2. The minimum absolute atomic E-state index is 0.116. The normalized spacial score (nSPS) is 12.0. The molecule has 5 N–H and O–H groups in total. The molecule has 0 heterocycles. The highest BCUT2D eigenvalue weighted by molar-refractivity contribution is 6.06. The monoisotopic (exact) mass is 302 g/mol. The molecule has 0 aromatic rings. The van der Waals surface area contributed by atoms with Crippen molar-refractivity contribution >= 4 is 17.6 Å². The molecular weight excluding hydrogens is 276 g/mol. The highest BCUT2D eigenvalue weighted by atomic mass is 16.5. The van der Waals surface area contributed by atoms with E-state index in [0.29, 0.717) is 26.0 Å². The third kappa shape index (κ3) is 5.58. The molecule has 0 spiro atoms. The Balaban J connectivity index is 4.37. The smallest absolute Gasteiger partial charge is 0.233 e. The molecule has 2 amide bonds. The van der Waals surface area contributed by atoms with E-state index in [4.69, 9.17) is 15.7 Å². The maximum Gasteiger partial charge on any atom is 0.233 e. The SMILES string of the molecule is CCC(CC)(C(=O)NCCC(=O)NCCOC)C(N)=NO. The molecule has 0 fully saturated rings. The third-order valence-electron chi connectivity index (χ3n) is 3.51. The van der Waals surface area contributed by atoms with Gasteiger partial charge < -0.3 is 26.3 Å². The van der Waals surface area contributed by atoms with Gasteiger partial charge >= 0.3 is 0 Å². The standard InChI is InChI=1S/C13H26N4O4/c1-4-13(5-2,11(14)17-20)12(19)16-7-6-10(18)15-8-9-21-3/h20H,4-9H2,1-3H3,(H2,14,17)(H,15,18)(H,16,19). The quantitative estimate of drug-likeness (QED) is 0.146. The molecule has 122 valence electrons. The number of hydrogen-bond acceptors (Lipinski definition) is 5. The fourth-order valence-electron chi connectivity index (χ4n) is 1.99. The fourth-order valence-corrected chi connectivity index (χ4v) is 1.99. The van der Waals surface area contributed by atoms with E-state index in [0.717, 1.165) is 0 Å². The number of methoxy groups -OCH3 is 1. The van der Waals surface area contributed by atoms with E-state index in [2.05, 4.69) is 15.8 Å². The Bertz CT molecular complexity index is 367. The topological polar surface area (TPSA) is 126 Å². The Morgan fingerprint density at radius 2 is 1.86 bits per heavy atom. The third-order valence-corrected chi connectivity index (χ3v) is 3.51. The largest absolute Gasteiger partial charge is 0.409 e. The van der Waals surface area contributed by atoms with Gasteiger partial charge in [-0.05, 0) is 12.8 Å². The number of amidine groups is 1. The summed E-state index contributed by atoms with van der Waals surface area (Å²) < 4.78 is 4.81. The average Bonchev–Trinajstić information content (AvgIpc) is 2.49. The van der Waals surface area contributed by atoms with Gasteiger partial charge in [0, 0.05) is 26.6 Å². The maximum absolute atomic E-state index is 12.2. The van der Waals surface area contributed by atoms with Crippen LogP contribution in [0, 0.1) is 5.41 Å². The summed E-state index contributed by atoms with van der Waals surface area (Å²) in [5.74, 6) is -0.628. The lowest BCUT2D eigenvalue weighted by atomic mass is 9.80. The second-order valence-corrected chi connectivity index (χ2v) is 4.62. The van der Waals surface area contributed by atoms with Crippen LogP contribution in [-0.2, 0) is 14.3 Å². The number of hydrogen-bond donors (Lipinski definition) is 4. The van der Waals surface area contributed by atoms with Crippen molar-refractivity contribution in [1.29, 1.82) is 0 Å². The maximum atomic E-state index is 12.2. The van der Waals surface area contributed by atoms with Gasteiger partial charge in [0.2, 0.25) is 11.8 Å². The molecule has 0 atom stereocenters. The van der Waals surface area contributed by atoms with Gasteiger partial charge in [0.25, 0.3) is 0 Å². The van der Waals surface area contributed by atoms with Gasteiger partial charge in [-0.25, -0.2) is 0 Å². The number of rotatable bonds is 10. The Hall–Kier alpha value is -1.83. The highest BCUT2D eigenvalue weighted by Gasteiger charge is 2.39. The highest BCUT2D eigenvalue weighted by Crippen LogP contribution is 2.26. The summed E-state index contributed by atoms with van der Waals surface area (Å²) in [5.41, 5.74) is 4.59. The minimum Gasteiger partial charge on any atom is -0.409 e. The van der Waals surface area contributed by atoms with Crippen LogP contribution >= 0.6 is 0 Å². The second kappa shape index (κ2) is 9.98. The molecule has 8 heteroatoms. The van der Waals surface area contributed by atoms with Crippen molar-refractivity contribution in [3.05, 3.63) is 0 Å². The Kier molecular flexibility index (Phi) is 9.11. The van der Waals surface area contributed by atoms with Crippen LogP contribution in [0.2, 0.25) is 0 Å². The molecule has 0 aliphatic carbocycles. The number of amides is 2. The van der Waals surface area contributed by atoms with Gasteiger partial charge in [-0.3, -0.25) is 9.59 Å². The summed E-state index contributed by atoms with van der Waals surface area (Å²) in [4.78, 5) is 23.7. The van der Waals surface area contributed by atoms with Crippen LogP contribution in [0.3, 0.4) is 0 Å². The molecule has 0 aliphatic rings. The van der Waals surface area contributed by atoms with Crippen LogP contribution in [0.1, 0.15) is 33.1 Å². The van der Waals surface area contributed by atoms with Crippen LogP contribution in [0.4, 0.5) is 0 Å². The van der Waals surface area contributed by atoms with Crippen molar-refractivity contribution in [1.82, 2.24) is 10.6 Å². The number of ether oxygens (including phenoxy) is 1. The summed E-state index contributed by atoms with van der Waals surface area (Å²) in [6, 6.07) is 0. The molecule has 0 aromatic heterocycles. The summed E-state index contributed by atoms with van der Waals surface area (Å²) in [6.45, 7) is 4.65. The average molecular weight is 302 g/mol. The van der Waals surface area contributed by atoms with Crippen LogP contribution in [0.25, 0.3) is 0 Å². The first-order valence-corrected chi connectivity index (χ1v) is 7.00. The summed E-state index contributed by atoms with van der Waals surface area (Å²) in [6.07, 6.45) is 0.978. The molecule has 0 rings (SSSR count). The number of nitrogens with zero attached hydrogens (tertiary/aromatic N) is 1. The molecule has 0 aliphatic heterocycles. The van der Waals surface area contributed by atoms with Gasteiger partial charge in [0.15, 0.2) is 5.84 Å².